The van der Waals surface area contributed by atoms with Gasteiger partial charge in [0, 0.05) is 18.5 Å². The van der Waals surface area contributed by atoms with E-state index in [1.54, 1.807) is 20.0 Å². The molecule has 0 aromatic rings. The lowest BCUT2D eigenvalue weighted by Gasteiger charge is -2.48. The summed E-state index contributed by atoms with van der Waals surface area (Å²) < 4.78 is 23.0. The third-order valence-corrected chi connectivity index (χ3v) is 6.45. The van der Waals surface area contributed by atoms with Crippen molar-refractivity contribution in [3.63, 3.8) is 0 Å². The summed E-state index contributed by atoms with van der Waals surface area (Å²) in [5.41, 5.74) is 10.6. The van der Waals surface area contributed by atoms with Crippen LogP contribution in [0, 0.1) is 0 Å². The number of rotatable bonds is 8. The van der Waals surface area contributed by atoms with Crippen LogP contribution in [0.3, 0.4) is 0 Å². The number of carbonyl (C=O) groups excluding carboxylic acids is 1. The summed E-state index contributed by atoms with van der Waals surface area (Å²) in [4.78, 5) is 12.3. The number of hydrogen-bond donors (Lipinski definition) is 7. The molecule has 2 heterocycles. The molecule has 2 fully saturated rings. The molecule has 10 atom stereocenters. The summed E-state index contributed by atoms with van der Waals surface area (Å²) in [6.07, 6.45) is -4.57. The zero-order valence-electron chi connectivity index (χ0n) is 19.3. The average molecular weight is 475 g/mol. The van der Waals surface area contributed by atoms with Gasteiger partial charge in [-0.25, -0.2) is 0 Å². The third kappa shape index (κ3) is 5.73. The highest BCUT2D eigenvalue weighted by Gasteiger charge is 2.51. The Hall–Kier alpha value is -1.19. The van der Waals surface area contributed by atoms with Gasteiger partial charge >= 0.3 is 0 Å². The van der Waals surface area contributed by atoms with Crippen molar-refractivity contribution in [3.05, 3.63) is 11.8 Å². The number of ketones is 1. The average Bonchev–Trinajstić information content (AvgIpc) is 2.76. The van der Waals surface area contributed by atoms with E-state index in [0.29, 0.717) is 18.7 Å². The van der Waals surface area contributed by atoms with Crippen molar-refractivity contribution in [1.82, 2.24) is 10.6 Å². The molecular weight excluding hydrogens is 436 g/mol. The van der Waals surface area contributed by atoms with E-state index < -0.39 is 54.7 Å². The highest BCUT2D eigenvalue weighted by atomic mass is 16.7. The van der Waals surface area contributed by atoms with Gasteiger partial charge in [0.05, 0.1) is 19.2 Å². The van der Waals surface area contributed by atoms with Gasteiger partial charge in [-0.15, -0.1) is 0 Å². The Kier molecular flexibility index (Phi) is 8.83. The molecule has 1 saturated carbocycles. The number of ether oxygens (including phenoxy) is 4. The van der Waals surface area contributed by atoms with Gasteiger partial charge in [0.1, 0.15) is 35.8 Å². The molecule has 3 rings (SSSR count). The zero-order valence-corrected chi connectivity index (χ0v) is 19.3. The van der Waals surface area contributed by atoms with E-state index in [2.05, 4.69) is 10.6 Å². The molecule has 0 aromatic carbocycles. The fourth-order valence-corrected chi connectivity index (χ4v) is 4.72. The summed E-state index contributed by atoms with van der Waals surface area (Å²) in [7, 11) is 1.62. The number of hydrogen-bond acceptors (Lipinski definition) is 12. The molecule has 0 bridgehead atoms. The first kappa shape index (κ1) is 26.4. The van der Waals surface area contributed by atoms with Gasteiger partial charge in [0.15, 0.2) is 6.29 Å². The van der Waals surface area contributed by atoms with E-state index in [4.69, 9.17) is 30.4 Å². The van der Waals surface area contributed by atoms with Gasteiger partial charge in [-0.1, -0.05) is 6.92 Å². The summed E-state index contributed by atoms with van der Waals surface area (Å²) in [6, 6.07) is -1.69. The summed E-state index contributed by atoms with van der Waals surface area (Å²) >= 11 is 0. The highest BCUT2D eigenvalue weighted by Crippen LogP contribution is 2.31. The molecule has 0 amide bonds. The molecule has 0 spiro atoms. The van der Waals surface area contributed by atoms with Crippen LogP contribution >= 0.6 is 0 Å². The SMILES string of the molecule is CCN[C@@H]1C[C@H](N)[C@@H](O[C@H]2OC(CN)=CCC2=O)[C@H](O)[C@H]1O[C@H]1OC[C@](C)(O)[C@H](NC)[C@H]1O. The Morgan fingerprint density at radius 2 is 2.00 bits per heavy atom. The van der Waals surface area contributed by atoms with E-state index >= 15 is 0 Å². The Labute approximate surface area is 193 Å². The second-order valence-corrected chi connectivity index (χ2v) is 9.04. The minimum Gasteiger partial charge on any atom is -0.461 e. The quantitative estimate of drug-likeness (QED) is 0.189. The smallest absolute Gasteiger partial charge is 0.260 e. The number of aliphatic hydroxyl groups is 3. The number of nitrogens with two attached hydrogens (primary N) is 2. The largest absolute Gasteiger partial charge is 0.461 e. The summed E-state index contributed by atoms with van der Waals surface area (Å²) in [5, 5.41) is 38.6. The van der Waals surface area contributed by atoms with Crippen LogP contribution < -0.4 is 22.1 Å². The summed E-state index contributed by atoms with van der Waals surface area (Å²) in [5.74, 6) is 0.128. The molecule has 0 unspecified atom stereocenters. The minimum absolute atomic E-state index is 0.0764. The highest BCUT2D eigenvalue weighted by molar-refractivity contribution is 5.84. The monoisotopic (exact) mass is 474 g/mol. The number of allylic oxidation sites excluding steroid dienone is 1. The van der Waals surface area contributed by atoms with E-state index in [0.717, 1.165) is 0 Å². The van der Waals surface area contributed by atoms with Gasteiger partial charge in [0.2, 0.25) is 5.78 Å². The molecular formula is C21H38N4O8. The summed E-state index contributed by atoms with van der Waals surface area (Å²) in [6.45, 7) is 4.10. The predicted molar refractivity (Wildman–Crippen MR) is 117 cm³/mol. The van der Waals surface area contributed by atoms with Crippen molar-refractivity contribution in [2.45, 2.75) is 87.4 Å². The van der Waals surface area contributed by atoms with E-state index in [-0.39, 0.29) is 31.4 Å². The van der Waals surface area contributed by atoms with Crippen LogP contribution in [0.4, 0.5) is 0 Å². The fourth-order valence-electron chi connectivity index (χ4n) is 4.72. The molecule has 0 radical (unpaired) electrons. The maximum absolute atomic E-state index is 12.3. The van der Waals surface area contributed by atoms with Crippen molar-refractivity contribution in [2.75, 3.05) is 26.7 Å². The molecule has 9 N–H and O–H groups in total. The minimum atomic E-state index is -1.30. The standard InChI is InChI=1S/C21H38N4O8/c1-4-25-12-7-11(23)16(32-19-13(26)6-5-10(8-22)31-19)14(27)17(12)33-20-15(28)18(24-3)21(2,29)9-30-20/h5,11-12,14-20,24-25,27-29H,4,6-9,22-23H2,1-3H3/t11-,12+,14-,15+,16+,17-,18+,19+,20+,21-/m0/s1. The first-order chi connectivity index (χ1) is 15.6. The molecule has 190 valence electrons. The number of nitrogens with one attached hydrogen (secondary N) is 2. The van der Waals surface area contributed by atoms with Gasteiger partial charge in [0.25, 0.3) is 6.29 Å². The Bertz CT molecular complexity index is 708. The van der Waals surface area contributed by atoms with E-state index in [1.165, 1.54) is 0 Å². The Morgan fingerprint density at radius 3 is 2.64 bits per heavy atom. The molecule has 12 nitrogen and oxygen atoms in total. The third-order valence-electron chi connectivity index (χ3n) is 6.45. The van der Waals surface area contributed by atoms with Gasteiger partial charge in [-0.2, -0.15) is 0 Å². The Balaban J connectivity index is 1.76. The van der Waals surface area contributed by atoms with Crippen LogP contribution in [0.15, 0.2) is 11.8 Å². The number of carbonyl (C=O) groups is 1. The second kappa shape index (κ2) is 11.0. The molecule has 33 heavy (non-hydrogen) atoms. The van der Waals surface area contributed by atoms with Crippen molar-refractivity contribution >= 4 is 5.78 Å². The van der Waals surface area contributed by atoms with Crippen molar-refractivity contribution < 1.29 is 39.1 Å². The Morgan fingerprint density at radius 1 is 1.27 bits per heavy atom. The van der Waals surface area contributed by atoms with Gasteiger partial charge in [-0.05, 0) is 33.0 Å². The lowest BCUT2D eigenvalue weighted by atomic mass is 9.83. The van der Waals surface area contributed by atoms with Crippen LogP contribution in [0.1, 0.15) is 26.7 Å². The number of aliphatic hydroxyl groups excluding tert-OH is 2. The van der Waals surface area contributed by atoms with Crippen molar-refractivity contribution in [1.29, 1.82) is 0 Å². The number of Topliss-reactive ketones (excluding diaryl/α,β-unsaturated/α-hetero) is 1. The van der Waals surface area contributed by atoms with Crippen LogP contribution in [0.5, 0.6) is 0 Å². The van der Waals surface area contributed by atoms with Crippen LogP contribution in [0.25, 0.3) is 0 Å². The first-order valence-corrected chi connectivity index (χ1v) is 11.4. The molecule has 1 aliphatic carbocycles. The number of likely N-dealkylation sites (N-methyl/N-ethyl adjacent to an activating group) is 2. The molecule has 12 heteroatoms. The lowest BCUT2D eigenvalue weighted by molar-refractivity contribution is -0.302. The van der Waals surface area contributed by atoms with Crippen LogP contribution in [-0.4, -0.2) is 109 Å². The van der Waals surface area contributed by atoms with E-state index in [1.807, 2.05) is 6.92 Å². The van der Waals surface area contributed by atoms with Crippen LogP contribution in [0.2, 0.25) is 0 Å². The first-order valence-electron chi connectivity index (χ1n) is 11.4. The topological polar surface area (TPSA) is 191 Å². The molecule has 2 aliphatic heterocycles. The van der Waals surface area contributed by atoms with E-state index in [9.17, 15) is 20.1 Å². The van der Waals surface area contributed by atoms with Crippen LogP contribution in [-0.2, 0) is 23.7 Å². The van der Waals surface area contributed by atoms with Gasteiger partial charge in [-0.3, -0.25) is 4.79 Å². The molecule has 0 aromatic heterocycles. The maximum Gasteiger partial charge on any atom is 0.260 e. The molecule has 1 saturated heterocycles. The predicted octanol–water partition coefficient (Wildman–Crippen LogP) is -2.96. The lowest BCUT2D eigenvalue weighted by Crippen LogP contribution is -2.69. The normalized spacial score (nSPS) is 44.3. The maximum atomic E-state index is 12.3. The second-order valence-electron chi connectivity index (χ2n) is 9.04. The van der Waals surface area contributed by atoms with Crippen molar-refractivity contribution in [3.8, 4) is 0 Å². The fraction of sp³-hybridized carbons (Fsp3) is 0.857. The van der Waals surface area contributed by atoms with Crippen molar-refractivity contribution in [2.24, 2.45) is 11.5 Å². The molecule has 3 aliphatic rings. The zero-order chi connectivity index (χ0) is 24.3. The van der Waals surface area contributed by atoms with Gasteiger partial charge < -0.3 is 56.4 Å².